The quantitative estimate of drug-likeness (QED) is 0.227. The number of fused-ring (bicyclic) bond motifs is 1. The number of para-hydroxylation sites is 1. The number of Topliss-reactive ketones (excluding diaryl/α,β-unsaturated/α-hetero) is 1. The van der Waals surface area contributed by atoms with Gasteiger partial charge >= 0.3 is 0 Å². The molecule has 0 aliphatic carbocycles. The van der Waals surface area contributed by atoms with Gasteiger partial charge in [-0.25, -0.2) is 14.6 Å². The van der Waals surface area contributed by atoms with Crippen LogP contribution in [0, 0.1) is 18.8 Å². The highest BCUT2D eigenvalue weighted by molar-refractivity contribution is 5.91. The van der Waals surface area contributed by atoms with Gasteiger partial charge in [-0.1, -0.05) is 18.2 Å². The van der Waals surface area contributed by atoms with E-state index in [2.05, 4.69) is 9.97 Å². The number of imidazole rings is 1. The molecule has 11 nitrogen and oxygen atoms in total. The van der Waals surface area contributed by atoms with E-state index in [1.54, 1.807) is 39.6 Å². The summed E-state index contributed by atoms with van der Waals surface area (Å²) in [7, 11) is 1.62. The second kappa shape index (κ2) is 12.4. The Bertz CT molecular complexity index is 1820. The summed E-state index contributed by atoms with van der Waals surface area (Å²) in [4.78, 5) is 39.5. The van der Waals surface area contributed by atoms with Crippen molar-refractivity contribution in [2.45, 2.75) is 25.9 Å². The van der Waals surface area contributed by atoms with E-state index in [-0.39, 0.29) is 30.2 Å². The predicted octanol–water partition coefficient (Wildman–Crippen LogP) is 3.88. The zero-order chi connectivity index (χ0) is 30.8. The summed E-state index contributed by atoms with van der Waals surface area (Å²) >= 11 is 0. The Hall–Kier alpha value is -4.78. The van der Waals surface area contributed by atoms with Crippen molar-refractivity contribution in [3.63, 3.8) is 0 Å². The molecule has 2 N–H and O–H groups in total. The van der Waals surface area contributed by atoms with Gasteiger partial charge in [0.25, 0.3) is 5.91 Å². The van der Waals surface area contributed by atoms with E-state index in [1.807, 2.05) is 49.5 Å². The van der Waals surface area contributed by atoms with Gasteiger partial charge in [-0.2, -0.15) is 14.6 Å². The van der Waals surface area contributed by atoms with Gasteiger partial charge in [-0.05, 0) is 54.4 Å². The molecule has 1 fully saturated rings. The molecule has 4 aromatic heterocycles. The van der Waals surface area contributed by atoms with Gasteiger partial charge in [-0.15, -0.1) is 0 Å². The van der Waals surface area contributed by atoms with Crippen LogP contribution in [0.15, 0.2) is 73.2 Å². The summed E-state index contributed by atoms with van der Waals surface area (Å²) in [5.74, 6) is -1.39. The number of methoxy groups -OCH3 is 1. The number of ether oxygens (including phenoxy) is 1. The third-order valence-electron chi connectivity index (χ3n) is 7.83. The monoisotopic (exact) mass is 597 g/mol. The molecule has 226 valence electrons. The highest BCUT2D eigenvalue weighted by Gasteiger charge is 2.37. The molecule has 0 radical (unpaired) electrons. The SMILES string of the molecule is COCCN1C[C@@H](CC(=O)Cc2c(C)c(-c3ccc4nc(C(N)=O)cn4c3)nn2-c2ccccc2)[C@H](c2ccnc(F)c2)O1. The normalized spacial score (nSPS) is 17.0. The Kier molecular flexibility index (Phi) is 8.29. The van der Waals surface area contributed by atoms with E-state index < -0.39 is 18.0 Å². The number of aromatic nitrogens is 5. The van der Waals surface area contributed by atoms with E-state index in [0.717, 1.165) is 22.5 Å². The lowest BCUT2D eigenvalue weighted by molar-refractivity contribution is -0.155. The van der Waals surface area contributed by atoms with Crippen LogP contribution < -0.4 is 5.73 Å². The summed E-state index contributed by atoms with van der Waals surface area (Å²) in [5.41, 5.74) is 10.8. The molecular weight excluding hydrogens is 565 g/mol. The molecule has 0 spiro atoms. The number of carbonyl (C=O) groups is 2. The van der Waals surface area contributed by atoms with E-state index in [9.17, 15) is 14.0 Å². The number of primary amides is 1. The number of halogens is 1. The number of ketones is 1. The highest BCUT2D eigenvalue weighted by atomic mass is 19.1. The molecule has 2 atom stereocenters. The van der Waals surface area contributed by atoms with Crippen LogP contribution in [0.5, 0.6) is 0 Å². The van der Waals surface area contributed by atoms with Gasteiger partial charge < -0.3 is 14.9 Å². The zero-order valence-corrected chi connectivity index (χ0v) is 24.4. The summed E-state index contributed by atoms with van der Waals surface area (Å²) in [5, 5.41) is 6.72. The molecule has 1 saturated heterocycles. The first-order valence-corrected chi connectivity index (χ1v) is 14.3. The smallest absolute Gasteiger partial charge is 0.268 e. The predicted molar refractivity (Wildman–Crippen MR) is 159 cm³/mol. The Morgan fingerprint density at radius 3 is 2.70 bits per heavy atom. The molecule has 1 amide bonds. The lowest BCUT2D eigenvalue weighted by Gasteiger charge is -2.17. The Labute approximate surface area is 253 Å². The molecule has 1 aromatic carbocycles. The molecule has 0 saturated carbocycles. The van der Waals surface area contributed by atoms with Crippen LogP contribution in [0.1, 0.15) is 39.8 Å². The van der Waals surface area contributed by atoms with E-state index in [4.69, 9.17) is 20.4 Å². The van der Waals surface area contributed by atoms with Gasteiger partial charge in [-0.3, -0.25) is 14.4 Å². The molecule has 1 aliphatic heterocycles. The van der Waals surface area contributed by atoms with Crippen LogP contribution in [0.2, 0.25) is 0 Å². The van der Waals surface area contributed by atoms with Crippen LogP contribution in [0.25, 0.3) is 22.6 Å². The molecule has 1 aliphatic rings. The minimum atomic E-state index is -0.605. The van der Waals surface area contributed by atoms with Crippen molar-refractivity contribution in [3.8, 4) is 16.9 Å². The minimum absolute atomic E-state index is 0.00890. The number of hydrogen-bond acceptors (Lipinski definition) is 8. The number of nitrogens with zero attached hydrogens (tertiary/aromatic N) is 6. The molecule has 44 heavy (non-hydrogen) atoms. The first kappa shape index (κ1) is 29.3. The van der Waals surface area contributed by atoms with Crippen molar-refractivity contribution in [2.75, 3.05) is 26.8 Å². The first-order valence-electron chi connectivity index (χ1n) is 14.3. The van der Waals surface area contributed by atoms with E-state index in [1.165, 1.54) is 12.3 Å². The fraction of sp³-hybridized carbons (Fsp3) is 0.281. The van der Waals surface area contributed by atoms with Crippen molar-refractivity contribution < 1.29 is 23.6 Å². The maximum absolute atomic E-state index is 14.0. The minimum Gasteiger partial charge on any atom is -0.383 e. The van der Waals surface area contributed by atoms with Crippen LogP contribution in [0.4, 0.5) is 4.39 Å². The van der Waals surface area contributed by atoms with Crippen molar-refractivity contribution in [1.29, 1.82) is 0 Å². The molecular formula is C32H32FN7O4. The van der Waals surface area contributed by atoms with Crippen molar-refractivity contribution in [1.82, 2.24) is 29.2 Å². The number of pyridine rings is 2. The summed E-state index contributed by atoms with van der Waals surface area (Å²) < 4.78 is 22.8. The molecule has 6 rings (SSSR count). The van der Waals surface area contributed by atoms with Gasteiger partial charge in [0.2, 0.25) is 5.95 Å². The van der Waals surface area contributed by atoms with Gasteiger partial charge in [0.05, 0.1) is 23.7 Å². The molecule has 5 heterocycles. The van der Waals surface area contributed by atoms with Crippen molar-refractivity contribution in [3.05, 3.63) is 102 Å². The van der Waals surface area contributed by atoms with Crippen molar-refractivity contribution in [2.24, 2.45) is 11.7 Å². The maximum Gasteiger partial charge on any atom is 0.268 e. The largest absolute Gasteiger partial charge is 0.383 e. The van der Waals surface area contributed by atoms with Crippen LogP contribution in [-0.4, -0.2) is 67.7 Å². The van der Waals surface area contributed by atoms with E-state index in [0.29, 0.717) is 36.6 Å². The third kappa shape index (κ3) is 6.00. The van der Waals surface area contributed by atoms with Crippen LogP contribution >= 0.6 is 0 Å². The topological polar surface area (TPSA) is 130 Å². The summed E-state index contributed by atoms with van der Waals surface area (Å²) in [6.45, 7) is 3.44. The number of carbonyl (C=O) groups excluding carboxylic acids is 2. The number of benzene rings is 1. The van der Waals surface area contributed by atoms with Gasteiger partial charge in [0, 0.05) is 63.1 Å². The summed E-state index contributed by atoms with van der Waals surface area (Å²) in [6.07, 6.45) is 4.71. The van der Waals surface area contributed by atoms with Crippen LogP contribution in [0.3, 0.4) is 0 Å². The fourth-order valence-corrected chi connectivity index (χ4v) is 5.68. The number of hydrogen-bond donors (Lipinski definition) is 1. The summed E-state index contributed by atoms with van der Waals surface area (Å²) in [6, 6.07) is 16.4. The highest BCUT2D eigenvalue weighted by Crippen LogP contribution is 2.37. The third-order valence-corrected chi connectivity index (χ3v) is 7.83. The first-order chi connectivity index (χ1) is 21.3. The maximum atomic E-state index is 14.0. The fourth-order valence-electron chi connectivity index (χ4n) is 5.68. The van der Waals surface area contributed by atoms with Crippen molar-refractivity contribution >= 4 is 17.3 Å². The average molecular weight is 598 g/mol. The second-order valence-electron chi connectivity index (χ2n) is 10.8. The number of rotatable bonds is 11. The van der Waals surface area contributed by atoms with Gasteiger partial charge in [0.15, 0.2) is 0 Å². The molecule has 12 heteroatoms. The van der Waals surface area contributed by atoms with E-state index >= 15 is 0 Å². The Morgan fingerprint density at radius 2 is 1.95 bits per heavy atom. The number of amides is 1. The molecule has 5 aromatic rings. The lowest BCUT2D eigenvalue weighted by Crippen LogP contribution is -2.24. The molecule has 0 unspecified atom stereocenters. The average Bonchev–Trinajstić information content (AvgIpc) is 3.72. The molecule has 0 bridgehead atoms. The second-order valence-corrected chi connectivity index (χ2v) is 10.8. The Balaban J connectivity index is 1.31. The Morgan fingerprint density at radius 1 is 1.14 bits per heavy atom. The zero-order valence-electron chi connectivity index (χ0n) is 24.4. The van der Waals surface area contributed by atoms with Crippen LogP contribution in [-0.2, 0) is 20.8 Å². The standard InChI is InChI=1S/C32H32FN7O4/c1-20-27(16-25(41)14-23-18-39(12-13-43-2)44-31(23)21-10-11-35-28(33)15-21)40(24-6-4-3-5-7-24)37-30(20)22-8-9-29-36-26(32(34)42)19-38(29)17-22/h3-11,15,17,19,23,31H,12-14,16,18H2,1-2H3,(H2,34,42)/t23-,31+/m1/s1. The lowest BCUT2D eigenvalue weighted by atomic mass is 9.91. The number of nitrogens with two attached hydrogens (primary N) is 1. The number of hydroxylamine groups is 2. The van der Waals surface area contributed by atoms with Gasteiger partial charge in [0.1, 0.15) is 23.2 Å².